The highest BCUT2D eigenvalue weighted by Crippen LogP contribution is 2.31. The number of carbonyl (C=O) groups is 1. The molecule has 1 amide bonds. The molecular formula is C20H22F2N2O4. The van der Waals surface area contributed by atoms with Crippen LogP contribution in [0.3, 0.4) is 0 Å². The van der Waals surface area contributed by atoms with Gasteiger partial charge in [-0.25, -0.2) is 13.6 Å². The summed E-state index contributed by atoms with van der Waals surface area (Å²) in [6.07, 6.45) is -2.79. The summed E-state index contributed by atoms with van der Waals surface area (Å²) in [7, 11) is 0. The summed E-state index contributed by atoms with van der Waals surface area (Å²) in [5.74, 6) is -1.55. The number of nitrogens with one attached hydrogen (secondary N) is 2. The number of amides is 1. The zero-order valence-electron chi connectivity index (χ0n) is 15.0. The first kappa shape index (κ1) is 20.2. The summed E-state index contributed by atoms with van der Waals surface area (Å²) in [6.45, 7) is -0.0151. The lowest BCUT2D eigenvalue weighted by atomic mass is 10.00. The topological polar surface area (TPSA) is 102 Å². The third-order valence-electron chi connectivity index (χ3n) is 4.90. The van der Waals surface area contributed by atoms with Crippen molar-refractivity contribution in [2.24, 2.45) is 0 Å². The van der Waals surface area contributed by atoms with Crippen molar-refractivity contribution in [3.8, 4) is 0 Å². The molecule has 6 nitrogen and oxygen atoms in total. The molecular weight excluding hydrogens is 370 g/mol. The summed E-state index contributed by atoms with van der Waals surface area (Å²) >= 11 is 0. The van der Waals surface area contributed by atoms with Gasteiger partial charge in [0.15, 0.2) is 0 Å². The second-order valence-corrected chi connectivity index (χ2v) is 6.96. The lowest BCUT2D eigenvalue weighted by Gasteiger charge is -2.26. The molecule has 0 saturated carbocycles. The number of halogens is 2. The zero-order valence-corrected chi connectivity index (χ0v) is 15.0. The number of hydrogen-bond donors (Lipinski definition) is 5. The first-order valence-corrected chi connectivity index (χ1v) is 8.95. The molecule has 8 heteroatoms. The molecule has 0 unspecified atom stereocenters. The summed E-state index contributed by atoms with van der Waals surface area (Å²) in [5.41, 5.74) is 2.16. The summed E-state index contributed by atoms with van der Waals surface area (Å²) in [4.78, 5) is 11.1. The quantitative estimate of drug-likeness (QED) is 0.494. The van der Waals surface area contributed by atoms with Gasteiger partial charge in [0.2, 0.25) is 0 Å². The lowest BCUT2D eigenvalue weighted by molar-refractivity contribution is 0.0969. The molecule has 0 fully saturated rings. The van der Waals surface area contributed by atoms with Crippen LogP contribution in [0.4, 0.5) is 13.6 Å². The first-order valence-electron chi connectivity index (χ1n) is 8.95. The van der Waals surface area contributed by atoms with E-state index in [4.69, 9.17) is 5.11 Å². The van der Waals surface area contributed by atoms with Crippen molar-refractivity contribution in [1.29, 1.82) is 0 Å². The second kappa shape index (κ2) is 8.64. The number of aliphatic hydroxyl groups is 2. The van der Waals surface area contributed by atoms with E-state index in [9.17, 15) is 23.8 Å². The summed E-state index contributed by atoms with van der Waals surface area (Å²) < 4.78 is 26.8. The van der Waals surface area contributed by atoms with Crippen LogP contribution in [0.25, 0.3) is 0 Å². The van der Waals surface area contributed by atoms with Crippen LogP contribution < -0.4 is 10.6 Å². The van der Waals surface area contributed by atoms with Crippen molar-refractivity contribution in [2.45, 2.75) is 37.1 Å². The number of carboxylic acid groups (broad SMARTS) is 1. The van der Waals surface area contributed by atoms with Crippen LogP contribution in [0.2, 0.25) is 0 Å². The molecule has 0 aliphatic heterocycles. The second-order valence-electron chi connectivity index (χ2n) is 6.96. The Labute approximate surface area is 160 Å². The molecule has 0 heterocycles. The Kier molecular flexibility index (Phi) is 6.23. The van der Waals surface area contributed by atoms with E-state index < -0.39 is 36.0 Å². The highest BCUT2D eigenvalue weighted by molar-refractivity contribution is 5.65. The molecule has 3 rings (SSSR count). The molecule has 0 radical (unpaired) electrons. The van der Waals surface area contributed by atoms with Crippen molar-refractivity contribution < 1.29 is 28.9 Å². The van der Waals surface area contributed by atoms with Crippen molar-refractivity contribution in [1.82, 2.24) is 10.6 Å². The molecule has 2 aromatic carbocycles. The van der Waals surface area contributed by atoms with Gasteiger partial charge >= 0.3 is 6.09 Å². The Morgan fingerprint density at radius 3 is 2.54 bits per heavy atom. The highest BCUT2D eigenvalue weighted by Gasteiger charge is 2.31. The monoisotopic (exact) mass is 392 g/mol. The number of rotatable bonds is 7. The average molecular weight is 392 g/mol. The van der Waals surface area contributed by atoms with Crippen LogP contribution in [0.15, 0.2) is 42.5 Å². The van der Waals surface area contributed by atoms with Gasteiger partial charge in [-0.1, -0.05) is 24.3 Å². The van der Waals surface area contributed by atoms with Crippen molar-refractivity contribution in [2.75, 3.05) is 6.54 Å². The third kappa shape index (κ3) is 4.83. The molecule has 0 aromatic heterocycles. The minimum absolute atomic E-state index is 0.0151. The number of aliphatic hydroxyl groups excluding tert-OH is 2. The minimum Gasteiger partial charge on any atom is -0.465 e. The van der Waals surface area contributed by atoms with Gasteiger partial charge in [-0.05, 0) is 35.2 Å². The fraction of sp³-hybridized carbons (Fsp3) is 0.350. The van der Waals surface area contributed by atoms with Crippen molar-refractivity contribution in [3.63, 3.8) is 0 Å². The largest absolute Gasteiger partial charge is 0.465 e. The van der Waals surface area contributed by atoms with E-state index in [1.165, 1.54) is 0 Å². The molecule has 0 spiro atoms. The smallest absolute Gasteiger partial charge is 0.404 e. The molecule has 28 heavy (non-hydrogen) atoms. The van der Waals surface area contributed by atoms with Crippen molar-refractivity contribution >= 4 is 6.09 Å². The fourth-order valence-electron chi connectivity index (χ4n) is 3.63. The number of fused-ring (bicyclic) bond motifs is 1. The molecule has 2 aromatic rings. The predicted octanol–water partition coefficient (Wildman–Crippen LogP) is 1.75. The summed E-state index contributed by atoms with van der Waals surface area (Å²) in [6, 6.07) is 9.08. The zero-order chi connectivity index (χ0) is 20.3. The summed E-state index contributed by atoms with van der Waals surface area (Å²) in [5, 5.41) is 35.1. The minimum atomic E-state index is -1.35. The lowest BCUT2D eigenvalue weighted by Crippen LogP contribution is -2.49. The van der Waals surface area contributed by atoms with E-state index in [1.807, 2.05) is 24.3 Å². The Bertz CT molecular complexity index is 828. The molecule has 0 bridgehead atoms. The van der Waals surface area contributed by atoms with Gasteiger partial charge in [-0.2, -0.15) is 0 Å². The van der Waals surface area contributed by atoms with E-state index in [-0.39, 0.29) is 24.6 Å². The molecule has 1 aliphatic rings. The van der Waals surface area contributed by atoms with E-state index in [1.54, 1.807) is 0 Å². The number of benzene rings is 2. The van der Waals surface area contributed by atoms with E-state index in [0.29, 0.717) is 6.42 Å². The molecule has 150 valence electrons. The maximum Gasteiger partial charge on any atom is 0.404 e. The van der Waals surface area contributed by atoms with Crippen LogP contribution in [0, 0.1) is 11.6 Å². The first-order chi connectivity index (χ1) is 13.3. The van der Waals surface area contributed by atoms with Gasteiger partial charge in [0.05, 0.1) is 24.3 Å². The Hall–Kier alpha value is -2.55. The highest BCUT2D eigenvalue weighted by atomic mass is 19.1. The van der Waals surface area contributed by atoms with Crippen LogP contribution in [-0.4, -0.2) is 46.2 Å². The van der Waals surface area contributed by atoms with Crippen molar-refractivity contribution in [3.05, 3.63) is 70.8 Å². The van der Waals surface area contributed by atoms with Crippen LogP contribution in [-0.2, 0) is 12.8 Å². The standard InChI is InChI=1S/C20H22F2N2O4/c21-13-5-11(6-14(22)9-13)7-16(24-20(27)28)18(26)10-23-19-15-4-2-1-3-12(15)8-17(19)25/h1-6,9,16-19,23-26H,7-8,10H2,(H,27,28)/t16-,17+,18+,19-/m0/s1. The third-order valence-corrected chi connectivity index (χ3v) is 4.90. The maximum absolute atomic E-state index is 13.4. The fourth-order valence-corrected chi connectivity index (χ4v) is 3.63. The average Bonchev–Trinajstić information content (AvgIpc) is 2.93. The van der Waals surface area contributed by atoms with Crippen LogP contribution in [0.1, 0.15) is 22.7 Å². The van der Waals surface area contributed by atoms with Gasteiger partial charge in [-0.15, -0.1) is 0 Å². The Morgan fingerprint density at radius 1 is 1.18 bits per heavy atom. The van der Waals surface area contributed by atoms with E-state index >= 15 is 0 Å². The van der Waals surface area contributed by atoms with E-state index in [0.717, 1.165) is 29.3 Å². The van der Waals surface area contributed by atoms with Gasteiger partial charge in [0, 0.05) is 19.0 Å². The predicted molar refractivity (Wildman–Crippen MR) is 97.9 cm³/mol. The normalized spacial score (nSPS) is 20.4. The van der Waals surface area contributed by atoms with Gasteiger partial charge in [-0.3, -0.25) is 0 Å². The molecule has 5 N–H and O–H groups in total. The van der Waals surface area contributed by atoms with Crippen LogP contribution >= 0.6 is 0 Å². The molecule has 0 saturated heterocycles. The molecule has 1 aliphatic carbocycles. The Morgan fingerprint density at radius 2 is 1.86 bits per heavy atom. The molecule has 4 atom stereocenters. The maximum atomic E-state index is 13.4. The van der Waals surface area contributed by atoms with E-state index in [2.05, 4.69) is 10.6 Å². The van der Waals surface area contributed by atoms with Gasteiger partial charge in [0.25, 0.3) is 0 Å². The van der Waals surface area contributed by atoms with Gasteiger partial charge < -0.3 is 26.0 Å². The van der Waals surface area contributed by atoms with Gasteiger partial charge in [0.1, 0.15) is 11.6 Å². The Balaban J connectivity index is 1.68. The van der Waals surface area contributed by atoms with Crippen LogP contribution in [0.5, 0.6) is 0 Å². The number of hydrogen-bond acceptors (Lipinski definition) is 4. The SMILES string of the molecule is O=C(O)N[C@@H](Cc1cc(F)cc(F)c1)[C@H](O)CN[C@H]1c2ccccc2C[C@H]1O.